The van der Waals surface area contributed by atoms with E-state index in [1.165, 1.54) is 0 Å². The second-order valence-corrected chi connectivity index (χ2v) is 4.48. The zero-order valence-corrected chi connectivity index (χ0v) is 8.85. The molecule has 0 heterocycles. The smallest absolute Gasteiger partial charge is 0.237 e. The second-order valence-electron chi connectivity index (χ2n) is 4.48. The lowest BCUT2D eigenvalue weighted by Crippen LogP contribution is -2.51. The highest BCUT2D eigenvalue weighted by Crippen LogP contribution is 2.07. The average molecular weight is 188 g/mol. The van der Waals surface area contributed by atoms with Crippen LogP contribution in [-0.4, -0.2) is 28.7 Å². The van der Waals surface area contributed by atoms with Crippen LogP contribution in [0.1, 0.15) is 34.1 Å². The Kier molecular flexibility index (Phi) is 3.88. The Morgan fingerprint density at radius 3 is 2.15 bits per heavy atom. The summed E-state index contributed by atoms with van der Waals surface area (Å²) in [4.78, 5) is 10.9. The van der Waals surface area contributed by atoms with E-state index in [9.17, 15) is 9.90 Å². The summed E-state index contributed by atoms with van der Waals surface area (Å²) >= 11 is 0. The summed E-state index contributed by atoms with van der Waals surface area (Å²) in [5.41, 5.74) is 3.75. The lowest BCUT2D eigenvalue weighted by atomic mass is 10.0. The van der Waals surface area contributed by atoms with E-state index in [4.69, 9.17) is 5.73 Å². The van der Waals surface area contributed by atoms with Crippen molar-refractivity contribution in [2.45, 2.75) is 45.3 Å². The Hall–Kier alpha value is -0.610. The summed E-state index contributed by atoms with van der Waals surface area (Å²) in [7, 11) is 0. The molecule has 0 saturated heterocycles. The van der Waals surface area contributed by atoms with Gasteiger partial charge in [0.05, 0.1) is 11.1 Å². The zero-order chi connectivity index (χ0) is 10.7. The van der Waals surface area contributed by atoms with Gasteiger partial charge in [-0.3, -0.25) is 4.79 Å². The number of hydrogen-bond donors (Lipinski definition) is 3. The SMILES string of the molecule is CC(C)(O)CCNC(C)(C)C(N)=O. The monoisotopic (exact) mass is 188 g/mol. The molecule has 0 radical (unpaired) electrons. The maximum Gasteiger partial charge on any atom is 0.237 e. The molecule has 0 aliphatic heterocycles. The molecule has 0 aromatic carbocycles. The molecule has 4 N–H and O–H groups in total. The summed E-state index contributed by atoms with van der Waals surface area (Å²) in [6, 6.07) is 0. The van der Waals surface area contributed by atoms with E-state index in [0.717, 1.165) is 0 Å². The minimum absolute atomic E-state index is 0.386. The number of hydrogen-bond acceptors (Lipinski definition) is 3. The number of carbonyl (C=O) groups excluding carboxylic acids is 1. The molecule has 13 heavy (non-hydrogen) atoms. The quantitative estimate of drug-likeness (QED) is 0.568. The Balaban J connectivity index is 3.84. The molecule has 0 rings (SSSR count). The van der Waals surface area contributed by atoms with Gasteiger partial charge in [0.15, 0.2) is 0 Å². The fourth-order valence-corrected chi connectivity index (χ4v) is 0.768. The Bertz CT molecular complexity index is 183. The minimum atomic E-state index is -0.708. The highest BCUT2D eigenvalue weighted by atomic mass is 16.3. The van der Waals surface area contributed by atoms with Crippen molar-refractivity contribution in [1.29, 1.82) is 0 Å². The second kappa shape index (κ2) is 4.07. The van der Waals surface area contributed by atoms with E-state index < -0.39 is 11.1 Å². The number of aliphatic hydroxyl groups is 1. The van der Waals surface area contributed by atoms with E-state index in [-0.39, 0.29) is 5.91 Å². The Labute approximate surface area is 79.5 Å². The number of carbonyl (C=O) groups is 1. The molecule has 0 aromatic rings. The minimum Gasteiger partial charge on any atom is -0.390 e. The molecule has 0 bridgehead atoms. The van der Waals surface area contributed by atoms with Gasteiger partial charge in [-0.1, -0.05) is 0 Å². The third kappa shape index (κ3) is 5.60. The van der Waals surface area contributed by atoms with E-state index in [1.54, 1.807) is 27.7 Å². The van der Waals surface area contributed by atoms with Crippen LogP contribution in [0.2, 0.25) is 0 Å². The lowest BCUT2D eigenvalue weighted by Gasteiger charge is -2.25. The van der Waals surface area contributed by atoms with Crippen LogP contribution in [0.25, 0.3) is 0 Å². The number of primary amides is 1. The van der Waals surface area contributed by atoms with Crippen LogP contribution in [0, 0.1) is 0 Å². The number of amides is 1. The maximum atomic E-state index is 10.9. The summed E-state index contributed by atoms with van der Waals surface area (Å²) in [6.07, 6.45) is 0.587. The molecule has 0 aliphatic carbocycles. The van der Waals surface area contributed by atoms with Gasteiger partial charge in [0.2, 0.25) is 5.91 Å². The van der Waals surface area contributed by atoms with Gasteiger partial charge in [-0.25, -0.2) is 0 Å². The summed E-state index contributed by atoms with van der Waals surface area (Å²) in [6.45, 7) is 7.47. The number of nitrogens with two attached hydrogens (primary N) is 1. The first kappa shape index (κ1) is 12.4. The van der Waals surface area contributed by atoms with Gasteiger partial charge in [-0.15, -0.1) is 0 Å². The topological polar surface area (TPSA) is 75.3 Å². The van der Waals surface area contributed by atoms with Crippen LogP contribution in [0.5, 0.6) is 0 Å². The molecule has 0 aromatic heterocycles. The van der Waals surface area contributed by atoms with E-state index in [0.29, 0.717) is 13.0 Å². The molecule has 0 unspecified atom stereocenters. The van der Waals surface area contributed by atoms with Crippen molar-refractivity contribution in [3.63, 3.8) is 0 Å². The first-order valence-electron chi connectivity index (χ1n) is 4.42. The van der Waals surface area contributed by atoms with Gasteiger partial charge in [0.25, 0.3) is 0 Å². The first-order valence-corrected chi connectivity index (χ1v) is 4.42. The molecule has 0 fully saturated rings. The van der Waals surface area contributed by atoms with Crippen molar-refractivity contribution in [3.8, 4) is 0 Å². The van der Waals surface area contributed by atoms with Crippen LogP contribution in [-0.2, 0) is 4.79 Å². The fourth-order valence-electron chi connectivity index (χ4n) is 0.768. The van der Waals surface area contributed by atoms with Crippen LogP contribution in [0.3, 0.4) is 0 Å². The highest BCUT2D eigenvalue weighted by Gasteiger charge is 2.24. The molecular weight excluding hydrogens is 168 g/mol. The number of rotatable bonds is 5. The molecule has 0 aliphatic rings. The van der Waals surface area contributed by atoms with Crippen LogP contribution >= 0.6 is 0 Å². The first-order chi connectivity index (χ1) is 5.65. The Morgan fingerprint density at radius 2 is 1.85 bits per heavy atom. The van der Waals surface area contributed by atoms with E-state index in [2.05, 4.69) is 5.32 Å². The highest BCUT2D eigenvalue weighted by molar-refractivity contribution is 5.83. The van der Waals surface area contributed by atoms with Gasteiger partial charge in [0.1, 0.15) is 0 Å². The van der Waals surface area contributed by atoms with Gasteiger partial charge < -0.3 is 16.2 Å². The van der Waals surface area contributed by atoms with Gasteiger partial charge in [-0.05, 0) is 40.7 Å². The molecule has 4 nitrogen and oxygen atoms in total. The molecule has 0 spiro atoms. The largest absolute Gasteiger partial charge is 0.390 e. The Morgan fingerprint density at radius 1 is 1.38 bits per heavy atom. The lowest BCUT2D eigenvalue weighted by molar-refractivity contribution is -0.123. The third-order valence-corrected chi connectivity index (χ3v) is 1.92. The van der Waals surface area contributed by atoms with Crippen molar-refractivity contribution in [3.05, 3.63) is 0 Å². The molecule has 0 saturated carbocycles. The normalized spacial score (nSPS) is 13.0. The summed E-state index contributed by atoms with van der Waals surface area (Å²) in [5.74, 6) is -0.386. The standard InChI is InChI=1S/C9H20N2O2/c1-8(2,13)5-6-11-9(3,4)7(10)12/h11,13H,5-6H2,1-4H3,(H2,10,12). The number of nitrogens with one attached hydrogen (secondary N) is 1. The fraction of sp³-hybridized carbons (Fsp3) is 0.889. The summed E-state index contributed by atoms with van der Waals surface area (Å²) in [5, 5.41) is 12.4. The van der Waals surface area contributed by atoms with Gasteiger partial charge in [-0.2, -0.15) is 0 Å². The van der Waals surface area contributed by atoms with Crippen molar-refractivity contribution < 1.29 is 9.90 Å². The molecule has 78 valence electrons. The molecule has 4 heteroatoms. The molecular formula is C9H20N2O2. The van der Waals surface area contributed by atoms with Gasteiger partial charge in [0, 0.05) is 0 Å². The zero-order valence-electron chi connectivity index (χ0n) is 8.85. The van der Waals surface area contributed by atoms with Crippen molar-refractivity contribution in [2.24, 2.45) is 5.73 Å². The third-order valence-electron chi connectivity index (χ3n) is 1.92. The predicted molar refractivity (Wildman–Crippen MR) is 52.2 cm³/mol. The molecule has 0 atom stereocenters. The van der Waals surface area contributed by atoms with Crippen LogP contribution in [0.15, 0.2) is 0 Å². The van der Waals surface area contributed by atoms with Crippen molar-refractivity contribution in [2.75, 3.05) is 6.54 Å². The summed E-state index contributed by atoms with van der Waals surface area (Å²) < 4.78 is 0. The predicted octanol–water partition coefficient (Wildman–Crippen LogP) is 0.000900. The van der Waals surface area contributed by atoms with Crippen molar-refractivity contribution in [1.82, 2.24) is 5.32 Å². The van der Waals surface area contributed by atoms with Crippen LogP contribution in [0.4, 0.5) is 0 Å². The van der Waals surface area contributed by atoms with E-state index in [1.807, 2.05) is 0 Å². The molecule has 1 amide bonds. The average Bonchev–Trinajstić information content (AvgIpc) is 1.82. The van der Waals surface area contributed by atoms with Crippen LogP contribution < -0.4 is 11.1 Å². The maximum absolute atomic E-state index is 10.9. The van der Waals surface area contributed by atoms with Crippen molar-refractivity contribution >= 4 is 5.91 Å². The van der Waals surface area contributed by atoms with Gasteiger partial charge >= 0.3 is 0 Å². The van der Waals surface area contributed by atoms with E-state index >= 15 is 0 Å².